The SMILES string of the molecule is O=C1c2c(n(O)c3ccc(Cl)cc3c2=O)CCC1c1ccc(Cl)c(Cl)c1. The third-order valence-electron chi connectivity index (χ3n) is 4.78. The lowest BCUT2D eigenvalue weighted by Gasteiger charge is -2.25. The van der Waals surface area contributed by atoms with E-state index in [2.05, 4.69) is 0 Å². The lowest BCUT2D eigenvalue weighted by Crippen LogP contribution is -2.31. The zero-order valence-electron chi connectivity index (χ0n) is 13.3. The fourth-order valence-corrected chi connectivity index (χ4v) is 3.99. The number of nitrogens with zero attached hydrogens (tertiary/aromatic N) is 1. The van der Waals surface area contributed by atoms with E-state index < -0.39 is 11.3 Å². The molecular formula is C19H12Cl3NO3. The van der Waals surface area contributed by atoms with Crippen molar-refractivity contribution in [1.82, 2.24) is 4.73 Å². The van der Waals surface area contributed by atoms with Gasteiger partial charge < -0.3 is 5.21 Å². The van der Waals surface area contributed by atoms with Crippen molar-refractivity contribution in [1.29, 1.82) is 0 Å². The highest BCUT2D eigenvalue weighted by atomic mass is 35.5. The number of benzene rings is 2. The molecule has 0 saturated carbocycles. The molecule has 0 radical (unpaired) electrons. The standard InChI is InChI=1S/C19H12Cl3NO3/c20-10-2-5-15-12(8-10)19(25)17-16(23(15)26)6-3-11(18(17)24)9-1-4-13(21)14(22)7-9/h1-2,4-5,7-8,11,26H,3,6H2. The van der Waals surface area contributed by atoms with E-state index in [-0.39, 0.29) is 16.7 Å². The smallest absolute Gasteiger partial charge is 0.200 e. The van der Waals surface area contributed by atoms with E-state index in [4.69, 9.17) is 34.8 Å². The summed E-state index contributed by atoms with van der Waals surface area (Å²) < 4.78 is 0.922. The average molecular weight is 409 g/mol. The molecule has 0 amide bonds. The van der Waals surface area contributed by atoms with Crippen molar-refractivity contribution in [2.24, 2.45) is 0 Å². The minimum atomic E-state index is -0.512. The van der Waals surface area contributed by atoms with Crippen LogP contribution < -0.4 is 5.43 Å². The molecule has 0 bridgehead atoms. The fraction of sp³-hybridized carbons (Fsp3) is 0.158. The molecule has 0 spiro atoms. The zero-order valence-corrected chi connectivity index (χ0v) is 15.6. The van der Waals surface area contributed by atoms with Crippen molar-refractivity contribution in [3.63, 3.8) is 0 Å². The van der Waals surface area contributed by atoms with E-state index in [1.54, 1.807) is 30.3 Å². The molecule has 0 saturated heterocycles. The van der Waals surface area contributed by atoms with Gasteiger partial charge in [-0.2, -0.15) is 4.73 Å². The molecule has 1 aliphatic carbocycles. The molecule has 0 fully saturated rings. The van der Waals surface area contributed by atoms with Crippen LogP contribution in [-0.4, -0.2) is 15.7 Å². The quantitative estimate of drug-likeness (QED) is 0.569. The molecule has 4 nitrogen and oxygen atoms in total. The summed E-state index contributed by atoms with van der Waals surface area (Å²) in [6.07, 6.45) is 0.846. The molecule has 1 heterocycles. The number of Topliss-reactive ketones (excluding diaryl/α,β-unsaturated/α-hetero) is 1. The molecule has 3 aromatic rings. The number of pyridine rings is 1. The van der Waals surface area contributed by atoms with Gasteiger partial charge in [0.25, 0.3) is 0 Å². The van der Waals surface area contributed by atoms with Gasteiger partial charge in [-0.1, -0.05) is 40.9 Å². The van der Waals surface area contributed by atoms with Crippen LogP contribution in [0.5, 0.6) is 0 Å². The van der Waals surface area contributed by atoms with Crippen molar-refractivity contribution < 1.29 is 10.0 Å². The molecule has 1 aromatic heterocycles. The molecule has 1 N–H and O–H groups in total. The Hall–Kier alpha value is -2.01. The van der Waals surface area contributed by atoms with Crippen LogP contribution in [0.2, 0.25) is 15.1 Å². The Bertz CT molecular complexity index is 1140. The molecule has 1 atom stereocenters. The summed E-state index contributed by atoms with van der Waals surface area (Å²) in [5.41, 5.74) is 0.942. The minimum Gasteiger partial charge on any atom is -0.428 e. The summed E-state index contributed by atoms with van der Waals surface area (Å²) in [5.74, 6) is -0.846. The number of carbonyl (C=O) groups excluding carboxylic acids is 1. The molecule has 26 heavy (non-hydrogen) atoms. The van der Waals surface area contributed by atoms with Crippen LogP contribution >= 0.6 is 34.8 Å². The summed E-state index contributed by atoms with van der Waals surface area (Å²) in [4.78, 5) is 26.0. The van der Waals surface area contributed by atoms with Gasteiger partial charge in [-0.25, -0.2) is 0 Å². The van der Waals surface area contributed by atoms with Gasteiger partial charge in [-0.3, -0.25) is 9.59 Å². The third kappa shape index (κ3) is 2.60. The van der Waals surface area contributed by atoms with Crippen LogP contribution in [0.25, 0.3) is 10.9 Å². The highest BCUT2D eigenvalue weighted by Gasteiger charge is 2.34. The molecule has 0 aliphatic heterocycles. The monoisotopic (exact) mass is 407 g/mol. The Morgan fingerprint density at radius 1 is 1.00 bits per heavy atom. The van der Waals surface area contributed by atoms with E-state index in [0.717, 1.165) is 4.73 Å². The Balaban J connectivity index is 1.92. The number of fused-ring (bicyclic) bond motifs is 2. The lowest BCUT2D eigenvalue weighted by atomic mass is 9.80. The number of hydrogen-bond acceptors (Lipinski definition) is 3. The average Bonchev–Trinajstić information content (AvgIpc) is 2.62. The number of rotatable bonds is 1. The van der Waals surface area contributed by atoms with Crippen LogP contribution in [0.1, 0.15) is 34.0 Å². The Morgan fingerprint density at radius 2 is 1.77 bits per heavy atom. The van der Waals surface area contributed by atoms with Gasteiger partial charge in [-0.05, 0) is 48.7 Å². The van der Waals surface area contributed by atoms with Crippen molar-refractivity contribution in [3.8, 4) is 0 Å². The van der Waals surface area contributed by atoms with Crippen LogP contribution in [0, 0.1) is 0 Å². The first-order chi connectivity index (χ1) is 12.4. The summed E-state index contributed by atoms with van der Waals surface area (Å²) in [7, 11) is 0. The van der Waals surface area contributed by atoms with Crippen LogP contribution in [0.4, 0.5) is 0 Å². The van der Waals surface area contributed by atoms with Gasteiger partial charge in [-0.15, -0.1) is 0 Å². The van der Waals surface area contributed by atoms with Crippen molar-refractivity contribution in [2.45, 2.75) is 18.8 Å². The van der Waals surface area contributed by atoms with E-state index >= 15 is 0 Å². The molecule has 4 rings (SSSR count). The molecule has 2 aromatic carbocycles. The number of aromatic nitrogens is 1. The van der Waals surface area contributed by atoms with Crippen LogP contribution in [0.3, 0.4) is 0 Å². The van der Waals surface area contributed by atoms with E-state index in [0.29, 0.717) is 44.7 Å². The predicted molar refractivity (Wildman–Crippen MR) is 102 cm³/mol. The molecule has 1 aliphatic rings. The maximum absolute atomic E-state index is 13.1. The first-order valence-electron chi connectivity index (χ1n) is 7.94. The third-order valence-corrected chi connectivity index (χ3v) is 5.76. The van der Waals surface area contributed by atoms with Gasteiger partial charge >= 0.3 is 0 Å². The number of ketones is 1. The van der Waals surface area contributed by atoms with E-state index in [1.807, 2.05) is 0 Å². The topological polar surface area (TPSA) is 59.3 Å². The van der Waals surface area contributed by atoms with Gasteiger partial charge in [0, 0.05) is 10.9 Å². The highest BCUT2D eigenvalue weighted by molar-refractivity contribution is 6.42. The van der Waals surface area contributed by atoms with Crippen molar-refractivity contribution in [3.05, 3.63) is 78.5 Å². The fourth-order valence-electron chi connectivity index (χ4n) is 3.51. The maximum atomic E-state index is 13.1. The molecule has 132 valence electrons. The summed E-state index contributed by atoms with van der Waals surface area (Å²) in [6, 6.07) is 9.62. The number of carbonyl (C=O) groups is 1. The summed E-state index contributed by atoms with van der Waals surface area (Å²) in [6.45, 7) is 0. The molecule has 1 unspecified atom stereocenters. The van der Waals surface area contributed by atoms with E-state index in [9.17, 15) is 14.8 Å². The second-order valence-electron chi connectivity index (χ2n) is 6.25. The Morgan fingerprint density at radius 3 is 2.50 bits per heavy atom. The molecular weight excluding hydrogens is 397 g/mol. The minimum absolute atomic E-state index is 0.00425. The van der Waals surface area contributed by atoms with Gasteiger partial charge in [0.15, 0.2) is 5.78 Å². The predicted octanol–water partition coefficient (Wildman–Crippen LogP) is 5.11. The zero-order chi connectivity index (χ0) is 18.6. The number of halogens is 3. The molecule has 7 heteroatoms. The summed E-state index contributed by atoms with van der Waals surface area (Å²) in [5, 5.41) is 11.8. The van der Waals surface area contributed by atoms with Crippen LogP contribution in [-0.2, 0) is 6.42 Å². The first-order valence-corrected chi connectivity index (χ1v) is 9.07. The van der Waals surface area contributed by atoms with Gasteiger partial charge in [0.05, 0.1) is 32.2 Å². The van der Waals surface area contributed by atoms with Gasteiger partial charge in [0.2, 0.25) is 5.43 Å². The van der Waals surface area contributed by atoms with Crippen molar-refractivity contribution >= 4 is 51.5 Å². The highest BCUT2D eigenvalue weighted by Crippen LogP contribution is 2.35. The normalized spacial score (nSPS) is 16.7. The summed E-state index contributed by atoms with van der Waals surface area (Å²) >= 11 is 18.0. The Labute approximate surface area is 163 Å². The van der Waals surface area contributed by atoms with Crippen molar-refractivity contribution in [2.75, 3.05) is 0 Å². The lowest BCUT2D eigenvalue weighted by molar-refractivity contribution is 0.0932. The maximum Gasteiger partial charge on any atom is 0.200 e. The van der Waals surface area contributed by atoms with E-state index in [1.165, 1.54) is 6.07 Å². The Kier molecular flexibility index (Phi) is 4.22. The number of hydrogen-bond donors (Lipinski definition) is 1. The first kappa shape index (κ1) is 17.4. The van der Waals surface area contributed by atoms with Crippen LogP contribution in [0.15, 0.2) is 41.2 Å². The second kappa shape index (κ2) is 6.31. The second-order valence-corrected chi connectivity index (χ2v) is 7.50. The largest absolute Gasteiger partial charge is 0.428 e. The van der Waals surface area contributed by atoms with Gasteiger partial charge in [0.1, 0.15) is 0 Å².